The van der Waals surface area contributed by atoms with Gasteiger partial charge in [-0.2, -0.15) is 8.78 Å². The molecule has 0 radical (unpaired) electrons. The van der Waals surface area contributed by atoms with Crippen molar-refractivity contribution in [3.05, 3.63) is 53.4 Å². The van der Waals surface area contributed by atoms with Gasteiger partial charge in [-0.25, -0.2) is 4.98 Å². The van der Waals surface area contributed by atoms with Crippen molar-refractivity contribution in [1.29, 1.82) is 0 Å². The van der Waals surface area contributed by atoms with Gasteiger partial charge in [-0.1, -0.05) is 12.1 Å². The number of ether oxygens (including phenoxy) is 3. The maximum atomic E-state index is 12.2. The van der Waals surface area contributed by atoms with Crippen LogP contribution in [0.1, 0.15) is 5.56 Å². The molecule has 2 aromatic carbocycles. The third kappa shape index (κ3) is 5.41. The lowest BCUT2D eigenvalue weighted by Gasteiger charge is -2.08. The fourth-order valence-electron chi connectivity index (χ4n) is 2.60. The third-order valence-electron chi connectivity index (χ3n) is 3.94. The van der Waals surface area contributed by atoms with Gasteiger partial charge < -0.3 is 19.5 Å². The lowest BCUT2D eigenvalue weighted by atomic mass is 10.1. The fraction of sp³-hybridized carbons (Fsp3) is 0.200. The number of alkyl halides is 2. The summed E-state index contributed by atoms with van der Waals surface area (Å²) in [7, 11) is 3.12. The van der Waals surface area contributed by atoms with Crippen LogP contribution in [0.4, 0.5) is 13.9 Å². The SMILES string of the molecule is COc1ccc(-c2csc(NC(=O)Cc3ccc(OC(F)F)cc3)n2)cc1OC. The van der Waals surface area contributed by atoms with Gasteiger partial charge in [-0.05, 0) is 35.9 Å². The monoisotopic (exact) mass is 420 g/mol. The molecule has 0 atom stereocenters. The van der Waals surface area contributed by atoms with Crippen LogP contribution >= 0.6 is 11.3 Å². The van der Waals surface area contributed by atoms with Crippen LogP contribution < -0.4 is 19.5 Å². The highest BCUT2D eigenvalue weighted by Gasteiger charge is 2.12. The second-order valence-corrected chi connectivity index (χ2v) is 6.71. The number of carbonyl (C=O) groups excluding carboxylic acids is 1. The summed E-state index contributed by atoms with van der Waals surface area (Å²) in [5.74, 6) is 0.984. The number of hydrogen-bond donors (Lipinski definition) is 1. The lowest BCUT2D eigenvalue weighted by molar-refractivity contribution is -0.115. The molecule has 0 aliphatic carbocycles. The molecule has 0 aliphatic heterocycles. The molecule has 0 spiro atoms. The zero-order chi connectivity index (χ0) is 20.8. The molecule has 1 amide bonds. The summed E-state index contributed by atoms with van der Waals surface area (Å²) in [5, 5.41) is 5.02. The van der Waals surface area contributed by atoms with E-state index in [0.29, 0.717) is 27.9 Å². The van der Waals surface area contributed by atoms with E-state index in [1.165, 1.54) is 23.5 Å². The van der Waals surface area contributed by atoms with E-state index in [1.54, 1.807) is 32.4 Å². The minimum atomic E-state index is -2.88. The number of halogens is 2. The molecule has 6 nitrogen and oxygen atoms in total. The first-order chi connectivity index (χ1) is 14.0. The summed E-state index contributed by atoms with van der Waals surface area (Å²) in [5.41, 5.74) is 2.19. The summed E-state index contributed by atoms with van der Waals surface area (Å²) < 4.78 is 39.2. The van der Waals surface area contributed by atoms with Gasteiger partial charge in [0.05, 0.1) is 26.3 Å². The van der Waals surface area contributed by atoms with Crippen LogP contribution in [0.2, 0.25) is 0 Å². The van der Waals surface area contributed by atoms with Crippen LogP contribution in [0.3, 0.4) is 0 Å². The Morgan fingerprint density at radius 1 is 1.10 bits per heavy atom. The van der Waals surface area contributed by atoms with Gasteiger partial charge in [-0.15, -0.1) is 11.3 Å². The number of nitrogens with zero attached hydrogens (tertiary/aromatic N) is 1. The Morgan fingerprint density at radius 3 is 2.48 bits per heavy atom. The highest BCUT2D eigenvalue weighted by Crippen LogP contribution is 2.33. The molecule has 152 valence electrons. The number of hydrogen-bond acceptors (Lipinski definition) is 6. The Labute approximate surface area is 170 Å². The number of aromatic nitrogens is 1. The normalized spacial score (nSPS) is 10.7. The molecule has 0 saturated heterocycles. The number of nitrogens with one attached hydrogen (secondary N) is 1. The number of carbonyl (C=O) groups is 1. The molecule has 3 rings (SSSR count). The smallest absolute Gasteiger partial charge is 0.387 e. The standard InChI is InChI=1S/C20H18F2N2O4S/c1-26-16-8-5-13(10-17(16)27-2)15-11-29-20(23-15)24-18(25)9-12-3-6-14(7-4-12)28-19(21)22/h3-8,10-11,19H,9H2,1-2H3,(H,23,24,25). The van der Waals surface area contributed by atoms with Gasteiger partial charge in [-0.3, -0.25) is 4.79 Å². The molecule has 0 bridgehead atoms. The molecule has 3 aromatic rings. The zero-order valence-electron chi connectivity index (χ0n) is 15.6. The number of thiazole rings is 1. The molecule has 1 aromatic heterocycles. The van der Waals surface area contributed by atoms with E-state index in [2.05, 4.69) is 15.0 Å². The maximum absolute atomic E-state index is 12.2. The van der Waals surface area contributed by atoms with Crippen molar-refractivity contribution in [2.45, 2.75) is 13.0 Å². The molecule has 0 aliphatic rings. The van der Waals surface area contributed by atoms with E-state index < -0.39 is 6.61 Å². The van der Waals surface area contributed by atoms with Crippen LogP contribution in [0.15, 0.2) is 47.8 Å². The zero-order valence-corrected chi connectivity index (χ0v) is 16.5. The summed E-state index contributed by atoms with van der Waals surface area (Å²) in [6, 6.07) is 11.4. The van der Waals surface area contributed by atoms with Gasteiger partial charge in [0.25, 0.3) is 0 Å². The van der Waals surface area contributed by atoms with Gasteiger partial charge in [0.2, 0.25) is 5.91 Å². The maximum Gasteiger partial charge on any atom is 0.387 e. The van der Waals surface area contributed by atoms with Crippen LogP contribution in [-0.4, -0.2) is 31.7 Å². The number of benzene rings is 2. The summed E-state index contributed by atoms with van der Waals surface area (Å²) in [6.45, 7) is -2.88. The quantitative estimate of drug-likeness (QED) is 0.576. The summed E-state index contributed by atoms with van der Waals surface area (Å²) in [6.07, 6.45) is 0.0836. The summed E-state index contributed by atoms with van der Waals surface area (Å²) >= 11 is 1.30. The second kappa shape index (κ2) is 9.33. The van der Waals surface area contributed by atoms with Crippen molar-refractivity contribution in [2.24, 2.45) is 0 Å². The van der Waals surface area contributed by atoms with E-state index >= 15 is 0 Å². The molecular formula is C20H18F2N2O4S. The predicted molar refractivity (Wildman–Crippen MR) is 106 cm³/mol. The van der Waals surface area contributed by atoms with Crippen molar-refractivity contribution in [3.8, 4) is 28.5 Å². The number of anilines is 1. The van der Waals surface area contributed by atoms with E-state index in [1.807, 2.05) is 17.5 Å². The average Bonchev–Trinajstić information content (AvgIpc) is 3.16. The second-order valence-electron chi connectivity index (χ2n) is 5.86. The van der Waals surface area contributed by atoms with Gasteiger partial charge in [0.1, 0.15) is 5.75 Å². The van der Waals surface area contributed by atoms with Gasteiger partial charge in [0.15, 0.2) is 16.6 Å². The molecule has 0 saturated carbocycles. The molecule has 1 heterocycles. The van der Waals surface area contributed by atoms with Gasteiger partial charge in [0, 0.05) is 10.9 Å². The predicted octanol–water partition coefficient (Wildman–Crippen LogP) is 4.61. The number of amides is 1. The molecule has 1 N–H and O–H groups in total. The largest absolute Gasteiger partial charge is 0.493 e. The van der Waals surface area contributed by atoms with Crippen LogP contribution in [0, 0.1) is 0 Å². The van der Waals surface area contributed by atoms with Crippen LogP contribution in [0.5, 0.6) is 17.2 Å². The van der Waals surface area contributed by atoms with E-state index in [9.17, 15) is 13.6 Å². The van der Waals surface area contributed by atoms with E-state index in [-0.39, 0.29) is 18.1 Å². The van der Waals surface area contributed by atoms with Crippen molar-refractivity contribution < 1.29 is 27.8 Å². The highest BCUT2D eigenvalue weighted by atomic mass is 32.1. The van der Waals surface area contributed by atoms with Crippen LogP contribution in [-0.2, 0) is 11.2 Å². The van der Waals surface area contributed by atoms with Crippen molar-refractivity contribution in [3.63, 3.8) is 0 Å². The molecule has 9 heteroatoms. The fourth-order valence-corrected chi connectivity index (χ4v) is 3.33. The minimum absolute atomic E-state index is 0.0450. The number of rotatable bonds is 8. The first-order valence-corrected chi connectivity index (χ1v) is 9.38. The molecule has 0 fully saturated rings. The average molecular weight is 420 g/mol. The van der Waals surface area contributed by atoms with Crippen molar-refractivity contribution in [2.75, 3.05) is 19.5 Å². The first-order valence-electron chi connectivity index (χ1n) is 8.50. The Morgan fingerprint density at radius 2 is 1.83 bits per heavy atom. The Kier molecular flexibility index (Phi) is 6.61. The van der Waals surface area contributed by atoms with Crippen LogP contribution in [0.25, 0.3) is 11.3 Å². The highest BCUT2D eigenvalue weighted by molar-refractivity contribution is 7.14. The Balaban J connectivity index is 1.63. The van der Waals surface area contributed by atoms with E-state index in [0.717, 1.165) is 5.56 Å². The minimum Gasteiger partial charge on any atom is -0.493 e. The van der Waals surface area contributed by atoms with Crippen molar-refractivity contribution in [1.82, 2.24) is 4.98 Å². The Bertz CT molecular complexity index is 977. The Hall–Kier alpha value is -3.20. The molecular weight excluding hydrogens is 402 g/mol. The molecule has 29 heavy (non-hydrogen) atoms. The van der Waals surface area contributed by atoms with Gasteiger partial charge >= 0.3 is 6.61 Å². The first kappa shape index (κ1) is 20.5. The lowest BCUT2D eigenvalue weighted by Crippen LogP contribution is -2.14. The number of methoxy groups -OCH3 is 2. The third-order valence-corrected chi connectivity index (χ3v) is 4.70. The van der Waals surface area contributed by atoms with Crippen molar-refractivity contribution >= 4 is 22.4 Å². The summed E-state index contributed by atoms with van der Waals surface area (Å²) in [4.78, 5) is 16.7. The van der Waals surface area contributed by atoms with E-state index in [4.69, 9.17) is 9.47 Å². The molecule has 0 unspecified atom stereocenters. The topological polar surface area (TPSA) is 69.7 Å².